The molecule has 1 fully saturated rings. The Labute approximate surface area is 165 Å². The van der Waals surface area contributed by atoms with Crippen LogP contribution in [0.1, 0.15) is 32.6 Å². The van der Waals surface area contributed by atoms with Crippen LogP contribution in [0.15, 0.2) is 4.99 Å². The van der Waals surface area contributed by atoms with Crippen molar-refractivity contribution in [3.63, 3.8) is 0 Å². The van der Waals surface area contributed by atoms with Gasteiger partial charge in [-0.25, -0.2) is 0 Å². The van der Waals surface area contributed by atoms with Crippen molar-refractivity contribution in [1.82, 2.24) is 20.4 Å². The molecule has 0 aliphatic carbocycles. The van der Waals surface area contributed by atoms with E-state index in [0.717, 1.165) is 51.6 Å². The van der Waals surface area contributed by atoms with E-state index >= 15 is 0 Å². The molecule has 6 nitrogen and oxygen atoms in total. The van der Waals surface area contributed by atoms with Gasteiger partial charge in [-0.05, 0) is 39.4 Å². The molecular formula is C17H38IN5O. The molecule has 0 aromatic rings. The standard InChI is InChI=1S/C17H37N5O.HI/c1-4-5-15-23-16-6-8-19-17(18-2)20-9-12-22-11-7-10-21(3)13-14-22;/h4-16H2,1-3H3,(H2,18,19,20);1H. The van der Waals surface area contributed by atoms with E-state index in [9.17, 15) is 0 Å². The number of guanidine groups is 1. The SMILES string of the molecule is CCCCOCCCNC(=NC)NCCN1CCCN(C)CC1.I. The predicted octanol–water partition coefficient (Wildman–Crippen LogP) is 1.61. The number of hydrogen-bond donors (Lipinski definition) is 2. The van der Waals surface area contributed by atoms with E-state index in [1.165, 1.54) is 39.0 Å². The van der Waals surface area contributed by atoms with E-state index in [4.69, 9.17) is 4.74 Å². The molecule has 0 spiro atoms. The minimum Gasteiger partial charge on any atom is -0.381 e. The summed E-state index contributed by atoms with van der Waals surface area (Å²) in [5.74, 6) is 0.894. The average molecular weight is 455 g/mol. The number of nitrogens with zero attached hydrogens (tertiary/aromatic N) is 3. The predicted molar refractivity (Wildman–Crippen MR) is 114 cm³/mol. The smallest absolute Gasteiger partial charge is 0.191 e. The second-order valence-corrected chi connectivity index (χ2v) is 6.24. The summed E-state index contributed by atoms with van der Waals surface area (Å²) in [6.07, 6.45) is 4.63. The molecule has 24 heavy (non-hydrogen) atoms. The van der Waals surface area contributed by atoms with Crippen molar-refractivity contribution < 1.29 is 4.74 Å². The van der Waals surface area contributed by atoms with E-state index in [0.29, 0.717) is 0 Å². The second-order valence-electron chi connectivity index (χ2n) is 6.24. The van der Waals surface area contributed by atoms with Gasteiger partial charge in [-0.1, -0.05) is 13.3 Å². The van der Waals surface area contributed by atoms with Gasteiger partial charge in [0.2, 0.25) is 0 Å². The molecule has 0 amide bonds. The van der Waals surface area contributed by atoms with E-state index < -0.39 is 0 Å². The van der Waals surface area contributed by atoms with E-state index in [-0.39, 0.29) is 24.0 Å². The molecule has 0 radical (unpaired) electrons. The number of hydrogen-bond acceptors (Lipinski definition) is 4. The lowest BCUT2D eigenvalue weighted by Gasteiger charge is -2.21. The van der Waals surface area contributed by atoms with Gasteiger partial charge < -0.3 is 25.2 Å². The van der Waals surface area contributed by atoms with E-state index in [2.05, 4.69) is 39.4 Å². The summed E-state index contributed by atoms with van der Waals surface area (Å²) >= 11 is 0. The Balaban J connectivity index is 0.00000529. The Morgan fingerprint density at radius 2 is 1.79 bits per heavy atom. The first-order chi connectivity index (χ1) is 11.3. The summed E-state index contributed by atoms with van der Waals surface area (Å²) in [6, 6.07) is 0. The van der Waals surface area contributed by atoms with Crippen molar-refractivity contribution in [3.05, 3.63) is 0 Å². The molecule has 1 rings (SSSR count). The minimum atomic E-state index is 0. The molecule has 144 valence electrons. The van der Waals surface area contributed by atoms with Gasteiger partial charge in [0, 0.05) is 53.0 Å². The molecule has 0 unspecified atom stereocenters. The van der Waals surface area contributed by atoms with Gasteiger partial charge in [0.05, 0.1) is 0 Å². The zero-order chi connectivity index (χ0) is 16.8. The van der Waals surface area contributed by atoms with Crippen LogP contribution in [0, 0.1) is 0 Å². The Kier molecular flexibility index (Phi) is 16.3. The third-order valence-corrected chi connectivity index (χ3v) is 4.16. The highest BCUT2D eigenvalue weighted by molar-refractivity contribution is 14.0. The highest BCUT2D eigenvalue weighted by Crippen LogP contribution is 1.99. The molecule has 2 N–H and O–H groups in total. The lowest BCUT2D eigenvalue weighted by molar-refractivity contribution is 0.129. The molecule has 0 aromatic heterocycles. The maximum absolute atomic E-state index is 5.56. The monoisotopic (exact) mass is 455 g/mol. The Morgan fingerprint density at radius 1 is 1.04 bits per heavy atom. The molecule has 0 atom stereocenters. The number of unbranched alkanes of at least 4 members (excludes halogenated alkanes) is 1. The molecule has 1 aliphatic heterocycles. The van der Waals surface area contributed by atoms with Crippen LogP contribution in [0.25, 0.3) is 0 Å². The summed E-state index contributed by atoms with van der Waals surface area (Å²) < 4.78 is 5.56. The summed E-state index contributed by atoms with van der Waals surface area (Å²) in [5, 5.41) is 6.75. The van der Waals surface area contributed by atoms with E-state index in [1.54, 1.807) is 0 Å². The zero-order valence-electron chi connectivity index (χ0n) is 15.9. The molecule has 1 saturated heterocycles. The Hall–Kier alpha value is -0.120. The lowest BCUT2D eigenvalue weighted by Crippen LogP contribution is -2.42. The summed E-state index contributed by atoms with van der Waals surface area (Å²) in [6.45, 7) is 11.6. The van der Waals surface area contributed by atoms with Crippen molar-refractivity contribution in [2.75, 3.05) is 73.1 Å². The first-order valence-corrected chi connectivity index (χ1v) is 9.19. The largest absolute Gasteiger partial charge is 0.381 e. The van der Waals surface area contributed by atoms with Crippen LogP contribution in [0.4, 0.5) is 0 Å². The highest BCUT2D eigenvalue weighted by Gasteiger charge is 2.11. The van der Waals surface area contributed by atoms with Crippen molar-refractivity contribution in [1.29, 1.82) is 0 Å². The molecule has 0 bridgehead atoms. The van der Waals surface area contributed by atoms with Gasteiger partial charge in [-0.2, -0.15) is 0 Å². The van der Waals surface area contributed by atoms with Gasteiger partial charge >= 0.3 is 0 Å². The fourth-order valence-electron chi connectivity index (χ4n) is 2.61. The van der Waals surface area contributed by atoms with Crippen LogP contribution in [0.5, 0.6) is 0 Å². The van der Waals surface area contributed by atoms with Crippen LogP contribution >= 0.6 is 24.0 Å². The van der Waals surface area contributed by atoms with Gasteiger partial charge in [-0.3, -0.25) is 4.99 Å². The van der Waals surface area contributed by atoms with E-state index in [1.807, 2.05) is 7.05 Å². The maximum atomic E-state index is 5.56. The van der Waals surface area contributed by atoms with Crippen LogP contribution in [-0.2, 0) is 4.74 Å². The quantitative estimate of drug-likeness (QED) is 0.227. The summed E-state index contributed by atoms with van der Waals surface area (Å²) in [5.41, 5.74) is 0. The zero-order valence-corrected chi connectivity index (χ0v) is 18.2. The van der Waals surface area contributed by atoms with Crippen molar-refractivity contribution in [2.45, 2.75) is 32.6 Å². The number of likely N-dealkylation sites (N-methyl/N-ethyl adjacent to an activating group) is 1. The third-order valence-electron chi connectivity index (χ3n) is 4.16. The topological polar surface area (TPSA) is 52.1 Å². The second kappa shape index (κ2) is 16.4. The van der Waals surface area contributed by atoms with Crippen LogP contribution in [0.3, 0.4) is 0 Å². The van der Waals surface area contributed by atoms with Gasteiger partial charge in [0.15, 0.2) is 5.96 Å². The molecule has 7 heteroatoms. The van der Waals surface area contributed by atoms with Crippen LogP contribution < -0.4 is 10.6 Å². The third kappa shape index (κ3) is 12.3. The number of nitrogens with one attached hydrogen (secondary N) is 2. The van der Waals surface area contributed by atoms with Gasteiger partial charge in [0.25, 0.3) is 0 Å². The van der Waals surface area contributed by atoms with Crippen molar-refractivity contribution in [3.8, 4) is 0 Å². The van der Waals surface area contributed by atoms with Crippen LogP contribution in [-0.4, -0.2) is 88.9 Å². The summed E-state index contributed by atoms with van der Waals surface area (Å²) in [4.78, 5) is 9.22. The highest BCUT2D eigenvalue weighted by atomic mass is 127. The molecule has 1 aliphatic rings. The molecular weight excluding hydrogens is 417 g/mol. The number of rotatable bonds is 10. The first kappa shape index (κ1) is 23.9. The van der Waals surface area contributed by atoms with Crippen molar-refractivity contribution >= 4 is 29.9 Å². The molecule has 1 heterocycles. The fourth-order valence-corrected chi connectivity index (χ4v) is 2.61. The lowest BCUT2D eigenvalue weighted by atomic mass is 10.4. The first-order valence-electron chi connectivity index (χ1n) is 9.19. The number of ether oxygens (including phenoxy) is 1. The maximum Gasteiger partial charge on any atom is 0.191 e. The number of halogens is 1. The van der Waals surface area contributed by atoms with Gasteiger partial charge in [0.1, 0.15) is 0 Å². The number of aliphatic imine (C=N–C) groups is 1. The summed E-state index contributed by atoms with van der Waals surface area (Å²) in [7, 11) is 4.04. The normalized spacial score (nSPS) is 17.2. The van der Waals surface area contributed by atoms with Crippen LogP contribution in [0.2, 0.25) is 0 Å². The van der Waals surface area contributed by atoms with Gasteiger partial charge in [-0.15, -0.1) is 24.0 Å². The molecule has 0 saturated carbocycles. The minimum absolute atomic E-state index is 0. The Bertz CT molecular complexity index is 317. The fraction of sp³-hybridized carbons (Fsp3) is 0.941. The molecule has 0 aromatic carbocycles. The average Bonchev–Trinajstić information content (AvgIpc) is 2.77. The Morgan fingerprint density at radius 3 is 2.54 bits per heavy atom. The van der Waals surface area contributed by atoms with Crippen molar-refractivity contribution in [2.24, 2.45) is 4.99 Å².